The van der Waals surface area contributed by atoms with Crippen LogP contribution in [0, 0.1) is 11.8 Å². The summed E-state index contributed by atoms with van der Waals surface area (Å²) < 4.78 is 38.8. The first kappa shape index (κ1) is 55.5. The molecular formula is C44H85N3O5S. The number of sulfonamides is 1. The van der Waals surface area contributed by atoms with E-state index in [-0.39, 0.29) is 20.9 Å². The molecule has 0 aliphatic carbocycles. The molecule has 0 bridgehead atoms. The van der Waals surface area contributed by atoms with Gasteiger partial charge >= 0.3 is 0 Å². The molecule has 1 N–H and O–H groups in total. The minimum absolute atomic E-state index is 0. The van der Waals surface area contributed by atoms with E-state index in [1.807, 2.05) is 6.07 Å². The second-order valence-corrected chi connectivity index (χ2v) is 17.2. The Morgan fingerprint density at radius 2 is 1.21 bits per heavy atom. The fourth-order valence-electron chi connectivity index (χ4n) is 5.48. The van der Waals surface area contributed by atoms with E-state index in [9.17, 15) is 8.42 Å². The van der Waals surface area contributed by atoms with Crippen LogP contribution in [0.2, 0.25) is 0 Å². The van der Waals surface area contributed by atoms with Crippen LogP contribution in [-0.2, 0) is 24.2 Å². The smallest absolute Gasteiger partial charge is 0.208 e. The van der Waals surface area contributed by atoms with Crippen molar-refractivity contribution < 1.29 is 22.6 Å². The monoisotopic (exact) mass is 768 g/mol. The van der Waals surface area contributed by atoms with Crippen molar-refractivity contribution in [1.29, 1.82) is 0 Å². The largest absolute Gasteiger partial charge is 0.384 e. The number of likely N-dealkylation sites (tertiary alicyclic amines) is 1. The Labute approximate surface area is 329 Å². The maximum atomic E-state index is 10.3. The number of ether oxygens (including phenoxy) is 3. The molecule has 2 aromatic carbocycles. The SMILES string of the molecule is C.C.CC(C)C(C)c1ccccc1.CC(C)NS(C)(=O)=O.CC1CN(C(C)C)CCO1.COC1CN(C(C)C)C1.COCC(c1ccccc1)C(C)C. The van der Waals surface area contributed by atoms with Crippen LogP contribution in [0.25, 0.3) is 0 Å². The Morgan fingerprint density at radius 1 is 0.736 bits per heavy atom. The fourth-order valence-corrected chi connectivity index (χ4v) is 6.33. The highest BCUT2D eigenvalue weighted by atomic mass is 32.2. The van der Waals surface area contributed by atoms with E-state index in [1.54, 1.807) is 28.1 Å². The lowest BCUT2D eigenvalue weighted by molar-refractivity contribution is -0.0437. The Kier molecular flexibility index (Phi) is 31.8. The minimum Gasteiger partial charge on any atom is -0.384 e. The molecule has 0 spiro atoms. The summed E-state index contributed by atoms with van der Waals surface area (Å²) >= 11 is 0. The molecule has 0 radical (unpaired) electrons. The average molecular weight is 768 g/mol. The summed E-state index contributed by atoms with van der Waals surface area (Å²) in [5.41, 5.74) is 2.82. The highest BCUT2D eigenvalue weighted by Gasteiger charge is 2.27. The first-order chi connectivity index (χ1) is 23.8. The van der Waals surface area contributed by atoms with Gasteiger partial charge in [-0.05, 0) is 77.3 Å². The summed E-state index contributed by atoms with van der Waals surface area (Å²) in [4.78, 5) is 4.85. The van der Waals surface area contributed by atoms with Crippen LogP contribution in [0.3, 0.4) is 0 Å². The van der Waals surface area contributed by atoms with Crippen molar-refractivity contribution in [2.24, 2.45) is 11.8 Å². The first-order valence-electron chi connectivity index (χ1n) is 19.0. The zero-order chi connectivity index (χ0) is 39.1. The lowest BCUT2D eigenvalue weighted by Gasteiger charge is -2.40. The maximum Gasteiger partial charge on any atom is 0.208 e. The second-order valence-electron chi connectivity index (χ2n) is 15.4. The summed E-state index contributed by atoms with van der Waals surface area (Å²) in [6, 6.07) is 22.6. The van der Waals surface area contributed by atoms with Crippen LogP contribution in [0.5, 0.6) is 0 Å². The van der Waals surface area contributed by atoms with Crippen LogP contribution >= 0.6 is 0 Å². The quantitative estimate of drug-likeness (QED) is 0.244. The van der Waals surface area contributed by atoms with Crippen molar-refractivity contribution in [3.8, 4) is 0 Å². The number of rotatable bonds is 11. The van der Waals surface area contributed by atoms with Crippen molar-refractivity contribution in [2.45, 2.75) is 140 Å². The van der Waals surface area contributed by atoms with Crippen molar-refractivity contribution in [3.05, 3.63) is 71.8 Å². The number of hydrogen-bond donors (Lipinski definition) is 1. The van der Waals surface area contributed by atoms with Crippen molar-refractivity contribution in [1.82, 2.24) is 14.5 Å². The summed E-state index contributed by atoms with van der Waals surface area (Å²) in [6.45, 7) is 32.0. The minimum atomic E-state index is -2.97. The Bertz CT molecular complexity index is 1200. The molecule has 312 valence electrons. The third kappa shape index (κ3) is 26.6. The van der Waals surface area contributed by atoms with E-state index in [0.29, 0.717) is 42.0 Å². The van der Waals surface area contributed by atoms with E-state index in [2.05, 4.69) is 138 Å². The van der Waals surface area contributed by atoms with Crippen LogP contribution in [0.4, 0.5) is 0 Å². The standard InChI is InChI=1S/C12H18O.C11H16.C8H17NO.C7H15NO.C4H11NO2S.2CH4/c1-10(2)12(9-13-3)11-7-5-4-6-8-11;1-9(2)10(3)11-7-5-4-6-8-11;1-7(2)9-4-5-10-8(3)6-9;1-6(2)8-4-7(5-8)9-3;1-4(2)5-8(3,6)7;;/h4-8,10,12H,9H2,1-3H3;4-10H,1-3H3;7-8H,4-6H2,1-3H3;6-7H,4-5H2,1-3H3;4-5H,1-3H3;2*1H4. The summed E-state index contributed by atoms with van der Waals surface area (Å²) in [5, 5.41) is 0. The van der Waals surface area contributed by atoms with E-state index in [1.165, 1.54) is 11.1 Å². The molecule has 3 atom stereocenters. The number of hydrogen-bond acceptors (Lipinski definition) is 7. The van der Waals surface area contributed by atoms with Gasteiger partial charge in [0.25, 0.3) is 0 Å². The molecule has 3 unspecified atom stereocenters. The summed E-state index contributed by atoms with van der Waals surface area (Å²) in [7, 11) is 0.569. The molecule has 53 heavy (non-hydrogen) atoms. The molecule has 2 fully saturated rings. The number of nitrogens with one attached hydrogen (secondary N) is 1. The van der Waals surface area contributed by atoms with Gasteiger partial charge in [-0.2, -0.15) is 0 Å². The fraction of sp³-hybridized carbons (Fsp3) is 0.727. The number of benzene rings is 2. The molecule has 2 aliphatic rings. The predicted molar refractivity (Wildman–Crippen MR) is 232 cm³/mol. The highest BCUT2D eigenvalue weighted by Crippen LogP contribution is 2.24. The number of morpholine rings is 1. The van der Waals surface area contributed by atoms with Gasteiger partial charge in [-0.15, -0.1) is 0 Å². The lowest BCUT2D eigenvalue weighted by Crippen LogP contribution is -2.54. The predicted octanol–water partition coefficient (Wildman–Crippen LogP) is 9.58. The van der Waals surface area contributed by atoms with Gasteiger partial charge in [-0.3, -0.25) is 9.80 Å². The molecule has 8 nitrogen and oxygen atoms in total. The van der Waals surface area contributed by atoms with Gasteiger partial charge in [-0.25, -0.2) is 13.1 Å². The summed E-state index contributed by atoms with van der Waals surface area (Å²) in [6.07, 6.45) is 2.08. The van der Waals surface area contributed by atoms with E-state index in [4.69, 9.17) is 14.2 Å². The molecule has 0 saturated carbocycles. The van der Waals surface area contributed by atoms with Crippen LogP contribution in [0.15, 0.2) is 60.7 Å². The van der Waals surface area contributed by atoms with Gasteiger partial charge in [0.1, 0.15) is 0 Å². The highest BCUT2D eigenvalue weighted by molar-refractivity contribution is 7.88. The van der Waals surface area contributed by atoms with Crippen LogP contribution in [-0.4, -0.2) is 108 Å². The lowest BCUT2D eigenvalue weighted by atomic mass is 9.89. The third-order valence-electron chi connectivity index (χ3n) is 9.10. The van der Waals surface area contributed by atoms with Gasteiger partial charge in [0.2, 0.25) is 10.0 Å². The number of nitrogens with zero attached hydrogens (tertiary/aromatic N) is 2. The zero-order valence-electron chi connectivity index (χ0n) is 35.1. The Balaban J connectivity index is -0.000000590. The molecule has 0 aromatic heterocycles. The number of methoxy groups -OCH3 is 2. The Morgan fingerprint density at radius 3 is 1.51 bits per heavy atom. The topological polar surface area (TPSA) is 80.3 Å². The molecule has 9 heteroatoms. The second kappa shape index (κ2) is 30.4. The molecule has 2 heterocycles. The van der Waals surface area contributed by atoms with Crippen molar-refractivity contribution in [2.75, 3.05) is 59.9 Å². The molecule has 2 aliphatic heterocycles. The van der Waals surface area contributed by atoms with Gasteiger partial charge in [0.05, 0.1) is 31.7 Å². The van der Waals surface area contributed by atoms with Gasteiger partial charge in [-0.1, -0.05) is 110 Å². The van der Waals surface area contributed by atoms with Gasteiger partial charge < -0.3 is 14.2 Å². The molecular weight excluding hydrogens is 683 g/mol. The Hall–Kier alpha value is -1.85. The molecule has 2 aromatic rings. The third-order valence-corrected chi connectivity index (χ3v) is 10.00. The van der Waals surface area contributed by atoms with Gasteiger partial charge in [0.15, 0.2) is 0 Å². The molecule has 4 rings (SSSR count). The van der Waals surface area contributed by atoms with Crippen LogP contribution < -0.4 is 4.72 Å². The maximum absolute atomic E-state index is 10.3. The normalized spacial score (nSPS) is 17.3. The van der Waals surface area contributed by atoms with E-state index < -0.39 is 10.0 Å². The van der Waals surface area contributed by atoms with Crippen molar-refractivity contribution >= 4 is 10.0 Å². The molecule has 0 amide bonds. The van der Waals surface area contributed by atoms with E-state index >= 15 is 0 Å². The summed E-state index contributed by atoms with van der Waals surface area (Å²) in [5.74, 6) is 2.56. The first-order valence-corrected chi connectivity index (χ1v) is 20.9. The van der Waals surface area contributed by atoms with Crippen molar-refractivity contribution in [3.63, 3.8) is 0 Å². The van der Waals surface area contributed by atoms with Gasteiger partial charge in [0, 0.05) is 64.4 Å². The molecule has 2 saturated heterocycles. The average Bonchev–Trinajstić information content (AvgIpc) is 3.03. The van der Waals surface area contributed by atoms with Crippen LogP contribution in [0.1, 0.15) is 121 Å². The van der Waals surface area contributed by atoms with E-state index in [0.717, 1.165) is 51.6 Å². The zero-order valence-corrected chi connectivity index (χ0v) is 35.9.